The SMILES string of the molecule is COc1ccc(Cl)cc1Nc1ncnc(NN(c2ccccc2)c2ccccc2)c1N. The van der Waals surface area contributed by atoms with E-state index in [0.717, 1.165) is 11.4 Å². The summed E-state index contributed by atoms with van der Waals surface area (Å²) in [6, 6.07) is 25.0. The van der Waals surface area contributed by atoms with E-state index in [1.807, 2.05) is 65.7 Å². The van der Waals surface area contributed by atoms with Crippen LogP contribution in [0.3, 0.4) is 0 Å². The van der Waals surface area contributed by atoms with Gasteiger partial charge in [0.05, 0.1) is 24.2 Å². The van der Waals surface area contributed by atoms with Crippen LogP contribution >= 0.6 is 11.6 Å². The summed E-state index contributed by atoms with van der Waals surface area (Å²) in [4.78, 5) is 8.63. The predicted octanol–water partition coefficient (Wildman–Crippen LogP) is 5.63. The molecule has 156 valence electrons. The highest BCUT2D eigenvalue weighted by molar-refractivity contribution is 6.31. The van der Waals surface area contributed by atoms with Crippen LogP contribution in [-0.4, -0.2) is 17.1 Å². The Labute approximate surface area is 185 Å². The van der Waals surface area contributed by atoms with E-state index in [0.29, 0.717) is 33.8 Å². The van der Waals surface area contributed by atoms with E-state index >= 15 is 0 Å². The lowest BCUT2D eigenvalue weighted by Gasteiger charge is -2.27. The van der Waals surface area contributed by atoms with Crippen LogP contribution in [0.1, 0.15) is 0 Å². The highest BCUT2D eigenvalue weighted by atomic mass is 35.5. The number of aromatic nitrogens is 2. The summed E-state index contributed by atoms with van der Waals surface area (Å²) < 4.78 is 5.39. The lowest BCUT2D eigenvalue weighted by atomic mass is 10.2. The van der Waals surface area contributed by atoms with Gasteiger partial charge in [0.1, 0.15) is 17.8 Å². The van der Waals surface area contributed by atoms with Crippen LogP contribution in [0.25, 0.3) is 0 Å². The number of anilines is 6. The highest BCUT2D eigenvalue weighted by Crippen LogP contribution is 2.34. The number of para-hydroxylation sites is 2. The molecule has 4 rings (SSSR count). The number of nitrogens with one attached hydrogen (secondary N) is 2. The van der Waals surface area contributed by atoms with Gasteiger partial charge >= 0.3 is 0 Å². The third-order valence-corrected chi connectivity index (χ3v) is 4.78. The molecule has 0 unspecified atom stereocenters. The monoisotopic (exact) mass is 432 g/mol. The Bertz CT molecular complexity index is 1120. The first-order chi connectivity index (χ1) is 15.2. The number of benzene rings is 3. The van der Waals surface area contributed by atoms with Crippen molar-refractivity contribution in [2.24, 2.45) is 0 Å². The van der Waals surface area contributed by atoms with Gasteiger partial charge in [0.2, 0.25) is 0 Å². The number of hydrazine groups is 1. The van der Waals surface area contributed by atoms with Gasteiger partial charge < -0.3 is 15.8 Å². The van der Waals surface area contributed by atoms with Gasteiger partial charge in [-0.3, -0.25) is 10.4 Å². The zero-order chi connectivity index (χ0) is 21.6. The van der Waals surface area contributed by atoms with Crippen molar-refractivity contribution in [2.45, 2.75) is 0 Å². The van der Waals surface area contributed by atoms with E-state index < -0.39 is 0 Å². The number of hydrogen-bond acceptors (Lipinski definition) is 7. The molecule has 0 bridgehead atoms. The van der Waals surface area contributed by atoms with E-state index in [2.05, 4.69) is 20.7 Å². The fourth-order valence-corrected chi connectivity index (χ4v) is 3.20. The molecule has 0 saturated heterocycles. The Hall–Kier alpha value is -3.97. The van der Waals surface area contributed by atoms with Crippen LogP contribution in [0, 0.1) is 0 Å². The number of halogens is 1. The number of nitrogens with zero attached hydrogens (tertiary/aromatic N) is 3. The summed E-state index contributed by atoms with van der Waals surface area (Å²) in [6.45, 7) is 0. The van der Waals surface area contributed by atoms with Gasteiger partial charge in [0, 0.05) is 5.02 Å². The average Bonchev–Trinajstić information content (AvgIpc) is 2.81. The van der Waals surface area contributed by atoms with E-state index in [1.54, 1.807) is 25.3 Å². The molecule has 0 amide bonds. The largest absolute Gasteiger partial charge is 0.495 e. The molecule has 0 atom stereocenters. The number of ether oxygens (including phenoxy) is 1. The topological polar surface area (TPSA) is 88.3 Å². The molecule has 4 aromatic rings. The van der Waals surface area contributed by atoms with Gasteiger partial charge in [-0.15, -0.1) is 0 Å². The second kappa shape index (κ2) is 9.23. The zero-order valence-electron chi connectivity index (χ0n) is 16.8. The summed E-state index contributed by atoms with van der Waals surface area (Å²) in [6.07, 6.45) is 1.44. The normalized spacial score (nSPS) is 10.4. The Morgan fingerprint density at radius 1 is 0.871 bits per heavy atom. The summed E-state index contributed by atoms with van der Waals surface area (Å²) in [7, 11) is 1.59. The van der Waals surface area contributed by atoms with Crippen LogP contribution in [0.5, 0.6) is 5.75 Å². The maximum atomic E-state index is 6.41. The minimum absolute atomic E-state index is 0.349. The lowest BCUT2D eigenvalue weighted by molar-refractivity contribution is 0.417. The fourth-order valence-electron chi connectivity index (χ4n) is 3.03. The Balaban J connectivity index is 1.68. The Morgan fingerprint density at radius 2 is 1.48 bits per heavy atom. The number of nitrogen functional groups attached to an aromatic ring is 1. The van der Waals surface area contributed by atoms with Crippen LogP contribution in [0.15, 0.2) is 85.2 Å². The standard InChI is InChI=1S/C23H21ClN6O/c1-31-20-13-12-16(24)14-19(20)28-22-21(25)23(27-15-26-22)29-30(17-8-4-2-5-9-17)18-10-6-3-7-11-18/h2-15H,25H2,1H3,(H2,26,27,28,29). The van der Waals surface area contributed by atoms with E-state index in [1.165, 1.54) is 6.33 Å². The third kappa shape index (κ3) is 4.62. The molecular formula is C23H21ClN6O. The molecule has 0 aliphatic rings. The number of nitrogens with two attached hydrogens (primary N) is 1. The minimum Gasteiger partial charge on any atom is -0.495 e. The van der Waals surface area contributed by atoms with E-state index in [-0.39, 0.29) is 0 Å². The fraction of sp³-hybridized carbons (Fsp3) is 0.0435. The van der Waals surface area contributed by atoms with Gasteiger partial charge in [0.25, 0.3) is 0 Å². The third-order valence-electron chi connectivity index (χ3n) is 4.54. The first-order valence-electron chi connectivity index (χ1n) is 9.53. The second-order valence-corrected chi connectivity index (χ2v) is 7.01. The first-order valence-corrected chi connectivity index (χ1v) is 9.91. The van der Waals surface area contributed by atoms with Gasteiger partial charge in [-0.1, -0.05) is 48.0 Å². The van der Waals surface area contributed by atoms with Crippen LogP contribution < -0.4 is 26.2 Å². The minimum atomic E-state index is 0.349. The van der Waals surface area contributed by atoms with E-state index in [4.69, 9.17) is 22.1 Å². The van der Waals surface area contributed by atoms with Gasteiger partial charge in [0.15, 0.2) is 11.6 Å². The highest BCUT2D eigenvalue weighted by Gasteiger charge is 2.15. The smallest absolute Gasteiger partial charge is 0.173 e. The predicted molar refractivity (Wildman–Crippen MR) is 126 cm³/mol. The molecule has 0 saturated carbocycles. The Morgan fingerprint density at radius 3 is 2.10 bits per heavy atom. The Kier molecular flexibility index (Phi) is 6.05. The second-order valence-electron chi connectivity index (χ2n) is 6.57. The van der Waals surface area contributed by atoms with Crippen molar-refractivity contribution in [3.05, 3.63) is 90.2 Å². The van der Waals surface area contributed by atoms with Crippen LogP contribution in [0.2, 0.25) is 5.02 Å². The quantitative estimate of drug-likeness (QED) is 0.326. The molecule has 8 heteroatoms. The summed E-state index contributed by atoms with van der Waals surface area (Å²) in [5.74, 6) is 1.50. The van der Waals surface area contributed by atoms with Gasteiger partial charge in [-0.2, -0.15) is 0 Å². The van der Waals surface area contributed by atoms with Gasteiger partial charge in [-0.05, 0) is 42.5 Å². The molecule has 31 heavy (non-hydrogen) atoms. The van der Waals surface area contributed by atoms with Crippen molar-refractivity contribution < 1.29 is 4.74 Å². The summed E-state index contributed by atoms with van der Waals surface area (Å²) in [5.41, 5.74) is 12.6. The van der Waals surface area contributed by atoms with Crippen molar-refractivity contribution in [1.29, 1.82) is 0 Å². The lowest BCUT2D eigenvalue weighted by Crippen LogP contribution is -2.26. The molecule has 0 radical (unpaired) electrons. The molecule has 0 aliphatic carbocycles. The first kappa shape index (κ1) is 20.3. The van der Waals surface area contributed by atoms with Crippen molar-refractivity contribution in [1.82, 2.24) is 9.97 Å². The van der Waals surface area contributed by atoms with E-state index in [9.17, 15) is 0 Å². The molecule has 3 aromatic carbocycles. The molecule has 1 heterocycles. The summed E-state index contributed by atoms with van der Waals surface area (Å²) in [5, 5.41) is 5.65. The number of hydrogen-bond donors (Lipinski definition) is 3. The van der Waals surface area contributed by atoms with Crippen molar-refractivity contribution >= 4 is 46.0 Å². The van der Waals surface area contributed by atoms with Crippen molar-refractivity contribution in [3.8, 4) is 5.75 Å². The van der Waals surface area contributed by atoms with Gasteiger partial charge in [-0.25, -0.2) is 9.97 Å². The zero-order valence-corrected chi connectivity index (χ0v) is 17.5. The summed E-state index contributed by atoms with van der Waals surface area (Å²) >= 11 is 6.14. The number of methoxy groups -OCH3 is 1. The molecule has 7 nitrogen and oxygen atoms in total. The molecule has 0 aliphatic heterocycles. The molecule has 0 fully saturated rings. The molecule has 4 N–H and O–H groups in total. The maximum absolute atomic E-state index is 6.41. The average molecular weight is 433 g/mol. The van der Waals surface area contributed by atoms with Crippen molar-refractivity contribution in [3.63, 3.8) is 0 Å². The van der Waals surface area contributed by atoms with Crippen LogP contribution in [0.4, 0.5) is 34.4 Å². The molecule has 1 aromatic heterocycles. The molecule has 0 spiro atoms. The molecular weight excluding hydrogens is 412 g/mol. The maximum Gasteiger partial charge on any atom is 0.173 e. The van der Waals surface area contributed by atoms with Crippen LogP contribution in [-0.2, 0) is 0 Å². The number of rotatable bonds is 7. The van der Waals surface area contributed by atoms with Crippen molar-refractivity contribution in [2.75, 3.05) is 28.6 Å².